The maximum atomic E-state index is 5.78. The smallest absolute Gasteiger partial charge is 0.118 e. The van der Waals surface area contributed by atoms with Gasteiger partial charge >= 0.3 is 0 Å². The molecule has 0 bridgehead atoms. The summed E-state index contributed by atoms with van der Waals surface area (Å²) in [5, 5.41) is 0. The molecule has 95 heavy (non-hydrogen) atoms. The zero-order valence-electron chi connectivity index (χ0n) is 54.0. The quantitative estimate of drug-likeness (QED) is 0.0700. The van der Waals surface area contributed by atoms with Crippen molar-refractivity contribution in [3.8, 4) is 44.9 Å². The van der Waals surface area contributed by atoms with Gasteiger partial charge in [0.05, 0.1) is 56.2 Å². The summed E-state index contributed by atoms with van der Waals surface area (Å²) in [6.07, 6.45) is 2.19. The first-order chi connectivity index (χ1) is 46.8. The van der Waals surface area contributed by atoms with Crippen LogP contribution in [0.4, 0.5) is 34.1 Å². The first kappa shape index (κ1) is 60.4. The van der Waals surface area contributed by atoms with Crippen LogP contribution in [0.15, 0.2) is 301 Å². The van der Waals surface area contributed by atoms with Gasteiger partial charge in [0.2, 0.25) is 0 Å². The monoisotopic (exact) mass is 1270 g/mol. The van der Waals surface area contributed by atoms with Crippen LogP contribution in [0.1, 0.15) is 71.2 Å². The number of benzene rings is 12. The number of methoxy groups -OCH3 is 2. The van der Waals surface area contributed by atoms with Crippen LogP contribution in [-0.2, 0) is 20.3 Å². The molecule has 2 fully saturated rings. The summed E-state index contributed by atoms with van der Waals surface area (Å²) in [4.78, 5) is 7.34. The maximum Gasteiger partial charge on any atom is 0.118 e. The van der Waals surface area contributed by atoms with Crippen molar-refractivity contribution in [2.75, 3.05) is 56.2 Å². The Balaban J connectivity index is 0.758. The predicted molar refractivity (Wildman–Crippen MR) is 393 cm³/mol. The Morgan fingerprint density at radius 2 is 0.716 bits per heavy atom. The summed E-state index contributed by atoms with van der Waals surface area (Å²) in [5.74, 6) is 2.71. The van der Waals surface area contributed by atoms with Gasteiger partial charge in [0.1, 0.15) is 11.5 Å². The van der Waals surface area contributed by atoms with Gasteiger partial charge in [-0.3, -0.25) is 0 Å². The van der Waals surface area contributed by atoms with E-state index in [1.54, 1.807) is 14.2 Å². The average molecular weight is 1280 g/mol. The Morgan fingerprint density at radius 1 is 0.347 bits per heavy atom. The van der Waals surface area contributed by atoms with E-state index in [0.29, 0.717) is 0 Å². The van der Waals surface area contributed by atoms with Crippen LogP contribution in [0.25, 0.3) is 33.4 Å². The molecule has 12 aromatic rings. The molecule has 0 N–H and O–H groups in total. The second kappa shape index (κ2) is 25.0. The third kappa shape index (κ3) is 10.4. The first-order valence-corrected chi connectivity index (χ1v) is 34.9. The third-order valence-corrected chi connectivity index (χ3v) is 23.5. The van der Waals surface area contributed by atoms with E-state index in [4.69, 9.17) is 18.9 Å². The van der Waals surface area contributed by atoms with E-state index in [2.05, 4.69) is 315 Å². The van der Waals surface area contributed by atoms with Crippen LogP contribution < -0.4 is 19.3 Å². The Morgan fingerprint density at radius 3 is 1.09 bits per heavy atom. The SMILES string of the molecule is CCC1(CSc2ccc(C3(c4ccc(OC)cc4)c4ccccc4-c4ccc(N(c5ccccc5)c5ccc(-c6ccc(N(c7ccccc7)c7ccc8c(c7)C(c7ccc(OC)cc7)(c7ccc(SC9(CC)COC9)cc7)c7ccccc7-8)cc6)cc5)cc43)cc2)COC1. The van der Waals surface area contributed by atoms with Crippen molar-refractivity contribution >= 4 is 57.6 Å². The topological polar surface area (TPSA) is 43.4 Å². The highest BCUT2D eigenvalue weighted by Gasteiger charge is 2.49. The Kier molecular flexibility index (Phi) is 15.9. The zero-order valence-corrected chi connectivity index (χ0v) is 55.6. The predicted octanol–water partition coefficient (Wildman–Crippen LogP) is 21.8. The fraction of sp³-hybridized carbons (Fsp3) is 0.172. The number of hydrogen-bond acceptors (Lipinski definition) is 8. The average Bonchev–Trinajstić information content (AvgIpc) is 1.55. The van der Waals surface area contributed by atoms with Gasteiger partial charge in [-0.1, -0.05) is 184 Å². The molecule has 2 aliphatic heterocycles. The molecule has 6 nitrogen and oxygen atoms in total. The number of anilines is 6. The molecule has 0 radical (unpaired) electrons. The van der Waals surface area contributed by atoms with Gasteiger partial charge in [0.25, 0.3) is 0 Å². The number of fused-ring (bicyclic) bond motifs is 6. The summed E-state index contributed by atoms with van der Waals surface area (Å²) in [7, 11) is 3.48. The highest BCUT2D eigenvalue weighted by molar-refractivity contribution is 8.00. The van der Waals surface area contributed by atoms with Crippen molar-refractivity contribution in [1.29, 1.82) is 0 Å². The van der Waals surface area contributed by atoms with Gasteiger partial charge in [-0.25, -0.2) is 0 Å². The summed E-state index contributed by atoms with van der Waals surface area (Å²) in [6, 6.07) is 108. The third-order valence-electron chi connectivity index (χ3n) is 20.6. The van der Waals surface area contributed by atoms with Gasteiger partial charge in [-0.05, 0) is 212 Å². The molecule has 0 spiro atoms. The summed E-state index contributed by atoms with van der Waals surface area (Å²) >= 11 is 3.89. The molecule has 2 heterocycles. The van der Waals surface area contributed by atoms with Crippen molar-refractivity contribution in [3.63, 3.8) is 0 Å². The van der Waals surface area contributed by atoms with Crippen LogP contribution in [0, 0.1) is 5.41 Å². The van der Waals surface area contributed by atoms with Crippen LogP contribution in [0.2, 0.25) is 0 Å². The highest BCUT2D eigenvalue weighted by atomic mass is 32.2. The van der Waals surface area contributed by atoms with Crippen LogP contribution in [0.5, 0.6) is 11.5 Å². The number of ether oxygens (including phenoxy) is 4. The minimum atomic E-state index is -0.627. The van der Waals surface area contributed by atoms with E-state index in [1.165, 1.54) is 76.6 Å². The molecule has 12 aromatic carbocycles. The highest BCUT2D eigenvalue weighted by Crippen LogP contribution is 2.60. The Labute approximate surface area is 567 Å². The summed E-state index contributed by atoms with van der Waals surface area (Å²) in [6.45, 7) is 7.82. The van der Waals surface area contributed by atoms with E-state index >= 15 is 0 Å². The van der Waals surface area contributed by atoms with E-state index in [1.807, 2.05) is 23.5 Å². The van der Waals surface area contributed by atoms with Crippen molar-refractivity contribution in [2.45, 2.75) is 52.1 Å². The van der Waals surface area contributed by atoms with Gasteiger partial charge < -0.3 is 28.7 Å². The summed E-state index contributed by atoms with van der Waals surface area (Å²) < 4.78 is 23.1. The molecule has 2 atom stereocenters. The van der Waals surface area contributed by atoms with Crippen molar-refractivity contribution in [2.24, 2.45) is 5.41 Å². The minimum Gasteiger partial charge on any atom is -0.497 e. The number of hydrogen-bond donors (Lipinski definition) is 0. The van der Waals surface area contributed by atoms with Crippen molar-refractivity contribution < 1.29 is 18.9 Å². The number of nitrogens with zero attached hydrogens (tertiary/aromatic N) is 2. The lowest BCUT2D eigenvalue weighted by molar-refractivity contribution is -0.0994. The normalized spacial score (nSPS) is 17.5. The molecule has 2 saturated heterocycles. The maximum absolute atomic E-state index is 5.78. The summed E-state index contributed by atoms with van der Waals surface area (Å²) in [5.41, 5.74) is 22.5. The first-order valence-electron chi connectivity index (χ1n) is 33.1. The van der Waals surface area contributed by atoms with Gasteiger partial charge in [-0.15, -0.1) is 23.5 Å². The molecule has 468 valence electrons. The molecule has 0 aromatic heterocycles. The second-order valence-corrected chi connectivity index (χ2v) is 28.3. The zero-order chi connectivity index (χ0) is 64.1. The molecule has 0 saturated carbocycles. The van der Waals surface area contributed by atoms with Gasteiger partial charge in [-0.2, -0.15) is 0 Å². The lowest BCUT2D eigenvalue weighted by Crippen LogP contribution is -2.45. The molecule has 2 aliphatic carbocycles. The molecule has 8 heteroatoms. The molecule has 2 unspecified atom stereocenters. The Bertz CT molecular complexity index is 4720. The number of rotatable bonds is 20. The lowest BCUT2D eigenvalue weighted by atomic mass is 9.67. The second-order valence-electron chi connectivity index (χ2n) is 25.8. The molecular weight excluding hydrogens is 1200 g/mol. The largest absolute Gasteiger partial charge is 0.497 e. The minimum absolute atomic E-state index is 0.123. The van der Waals surface area contributed by atoms with Crippen LogP contribution in [0.3, 0.4) is 0 Å². The Hall–Kier alpha value is -9.54. The van der Waals surface area contributed by atoms with E-state index < -0.39 is 10.8 Å². The number of para-hydroxylation sites is 2. The van der Waals surface area contributed by atoms with E-state index in [-0.39, 0.29) is 10.2 Å². The van der Waals surface area contributed by atoms with Gasteiger partial charge in [0.15, 0.2) is 0 Å². The van der Waals surface area contributed by atoms with Crippen LogP contribution >= 0.6 is 23.5 Å². The molecule has 4 aliphatic rings. The van der Waals surface area contributed by atoms with Gasteiger partial charge in [0, 0.05) is 55.1 Å². The van der Waals surface area contributed by atoms with Crippen LogP contribution in [-0.4, -0.2) is 51.1 Å². The molecule has 0 amide bonds. The van der Waals surface area contributed by atoms with E-state index in [0.717, 1.165) is 102 Å². The molecule has 16 rings (SSSR count). The number of thioether (sulfide) groups is 2. The fourth-order valence-corrected chi connectivity index (χ4v) is 17.6. The standard InChI is InChI=1S/C87H74N2O4S2/c1-5-84(55-92-56-84)59-94-74-47-33-64(34-48-74)86(62-29-43-72(90-3)44-30-62)80-23-15-13-21-76(80)78-51-41-70(53-82(78)86)88(66-17-9-7-10-18-66)68-37-25-60(26-38-68)61-27-39-69(40-28-61)89(67-19-11-8-12-20-67)71-42-52-79-77-22-14-16-24-81(77)87(83(79)54-71,63-31-45-73(91-4)46-32-63)65-35-49-75(50-36-65)95-85(6-2)57-93-58-85/h7-54H,5-6,55-59H2,1-4H3. The fourth-order valence-electron chi connectivity index (χ4n) is 15.2. The lowest BCUT2D eigenvalue weighted by Gasteiger charge is -2.40. The molecular formula is C87H74N2O4S2. The van der Waals surface area contributed by atoms with E-state index in [9.17, 15) is 0 Å². The van der Waals surface area contributed by atoms with Crippen molar-refractivity contribution in [3.05, 3.63) is 336 Å². The van der Waals surface area contributed by atoms with Crippen molar-refractivity contribution in [1.82, 2.24) is 0 Å².